The first-order chi connectivity index (χ1) is 11.5. The molecule has 6 N–H and O–H groups in total. The summed E-state index contributed by atoms with van der Waals surface area (Å²) >= 11 is 0. The molecule has 0 aliphatic rings. The number of esters is 4. The number of aliphatic hydroxyl groups excluding tert-OH is 4. The van der Waals surface area contributed by atoms with Crippen LogP contribution in [0.25, 0.3) is 0 Å². The van der Waals surface area contributed by atoms with Gasteiger partial charge in [0.05, 0.1) is 26.1 Å². The number of aliphatic hydroxyl groups is 5. The Labute approximate surface area is 139 Å². The van der Waals surface area contributed by atoms with Crippen LogP contribution in [-0.2, 0) is 33.4 Å². The van der Waals surface area contributed by atoms with Crippen LogP contribution in [0.1, 0.15) is 12.8 Å². The Bertz CT molecular complexity index is 501. The maximum atomic E-state index is 11.4. The van der Waals surface area contributed by atoms with Crippen LogP contribution >= 0.6 is 0 Å². The minimum atomic E-state index is -3.14. The summed E-state index contributed by atoms with van der Waals surface area (Å²) in [6.07, 6.45) is -7.05. The molecule has 13 nitrogen and oxygen atoms in total. The lowest BCUT2D eigenvalue weighted by Gasteiger charge is -2.21. The summed E-state index contributed by atoms with van der Waals surface area (Å²) in [7, 11) is 0. The lowest BCUT2D eigenvalue weighted by atomic mass is 9.96. The molecule has 0 saturated carbocycles. The molecule has 0 bridgehead atoms. The van der Waals surface area contributed by atoms with E-state index in [1.54, 1.807) is 0 Å². The molecule has 25 heavy (non-hydrogen) atoms. The van der Waals surface area contributed by atoms with Crippen molar-refractivity contribution < 1.29 is 64.1 Å². The number of carboxylic acids is 1. The zero-order chi connectivity index (χ0) is 19.8. The Hall–Kier alpha value is -2.45. The molecule has 0 aromatic heterocycles. The van der Waals surface area contributed by atoms with E-state index in [-0.39, 0.29) is 0 Å². The zero-order valence-corrected chi connectivity index (χ0v) is 12.5. The van der Waals surface area contributed by atoms with Gasteiger partial charge in [-0.1, -0.05) is 0 Å². The highest BCUT2D eigenvalue weighted by atomic mass is 16.6. The van der Waals surface area contributed by atoms with Crippen molar-refractivity contribution in [1.29, 1.82) is 0 Å². The van der Waals surface area contributed by atoms with E-state index in [1.165, 1.54) is 0 Å². The average molecular weight is 368 g/mol. The molecule has 2 atom stereocenters. The molecule has 0 aliphatic carbocycles. The number of carboxylic acid groups (broad SMARTS) is 1. The van der Waals surface area contributed by atoms with Crippen LogP contribution < -0.4 is 0 Å². The third-order valence-corrected chi connectivity index (χ3v) is 2.59. The summed E-state index contributed by atoms with van der Waals surface area (Å²) in [6.45, 7) is -2.17. The van der Waals surface area contributed by atoms with Crippen molar-refractivity contribution in [2.75, 3.05) is 13.2 Å². The second kappa shape index (κ2) is 9.75. The van der Waals surface area contributed by atoms with Crippen molar-refractivity contribution in [1.82, 2.24) is 0 Å². The largest absolute Gasteiger partial charge is 0.479 e. The van der Waals surface area contributed by atoms with Crippen LogP contribution in [0.5, 0.6) is 0 Å². The molecule has 0 spiro atoms. The smallest absolute Gasteiger partial charge is 0.345 e. The molecule has 0 rings (SSSR count). The number of aliphatic carboxylic acids is 1. The van der Waals surface area contributed by atoms with Gasteiger partial charge in [0.2, 0.25) is 0 Å². The van der Waals surface area contributed by atoms with Gasteiger partial charge in [-0.2, -0.15) is 0 Å². The molecule has 0 aliphatic heterocycles. The molecule has 0 saturated heterocycles. The molecule has 0 aromatic carbocycles. The van der Waals surface area contributed by atoms with Crippen molar-refractivity contribution in [3.8, 4) is 0 Å². The molecule has 142 valence electrons. The maximum absolute atomic E-state index is 11.4. The first-order valence-electron chi connectivity index (χ1n) is 6.49. The molecular weight excluding hydrogens is 352 g/mol. The quantitative estimate of drug-likeness (QED) is 0.167. The van der Waals surface area contributed by atoms with Gasteiger partial charge < -0.3 is 40.1 Å². The number of carbonyl (C=O) groups is 5. The number of hydrogen-bond acceptors (Lipinski definition) is 12. The van der Waals surface area contributed by atoms with E-state index in [9.17, 15) is 29.1 Å². The van der Waals surface area contributed by atoms with Crippen molar-refractivity contribution in [3.05, 3.63) is 0 Å². The van der Waals surface area contributed by atoms with Gasteiger partial charge in [0.1, 0.15) is 0 Å². The lowest BCUT2D eigenvalue weighted by Crippen LogP contribution is -2.45. The maximum Gasteiger partial charge on any atom is 0.345 e. The summed E-state index contributed by atoms with van der Waals surface area (Å²) in [5.41, 5.74) is -3.14. The van der Waals surface area contributed by atoms with Crippen molar-refractivity contribution in [2.24, 2.45) is 0 Å². The second-order valence-electron chi connectivity index (χ2n) is 4.67. The number of hydrogen-bond donors (Lipinski definition) is 6. The van der Waals surface area contributed by atoms with Crippen molar-refractivity contribution >= 4 is 29.8 Å². The van der Waals surface area contributed by atoms with Gasteiger partial charge in [-0.3, -0.25) is 9.59 Å². The van der Waals surface area contributed by atoms with Gasteiger partial charge in [-0.25, -0.2) is 14.4 Å². The number of ether oxygens (including phenoxy) is 2. The van der Waals surface area contributed by atoms with E-state index in [2.05, 4.69) is 9.47 Å². The van der Waals surface area contributed by atoms with Gasteiger partial charge in [0, 0.05) is 0 Å². The SMILES string of the molecule is O=C(CC(O)(CC(=O)OC(=O)C(O)CO)C(=O)O)OC(=O)C(O)CO. The predicted molar refractivity (Wildman–Crippen MR) is 70.2 cm³/mol. The van der Waals surface area contributed by atoms with E-state index in [0.29, 0.717) is 0 Å². The summed E-state index contributed by atoms with van der Waals surface area (Å²) < 4.78 is 7.93. The lowest BCUT2D eigenvalue weighted by molar-refractivity contribution is -0.180. The average Bonchev–Trinajstić information content (AvgIpc) is 2.52. The third-order valence-electron chi connectivity index (χ3n) is 2.59. The first-order valence-corrected chi connectivity index (χ1v) is 6.49. The summed E-state index contributed by atoms with van der Waals surface area (Å²) in [4.78, 5) is 55.9. The second-order valence-corrected chi connectivity index (χ2v) is 4.67. The van der Waals surface area contributed by atoms with E-state index >= 15 is 0 Å². The van der Waals surface area contributed by atoms with Crippen LogP contribution in [0.2, 0.25) is 0 Å². The standard InChI is InChI=1S/C12H16O13/c13-3-5(15)9(19)24-7(17)1-12(23,11(21)22)2-8(18)25-10(20)6(16)4-14/h5-6,13-16,23H,1-4H2,(H,21,22). The molecule has 0 radical (unpaired) electrons. The van der Waals surface area contributed by atoms with Gasteiger partial charge in [0.15, 0.2) is 17.8 Å². The number of rotatable bonds is 9. The van der Waals surface area contributed by atoms with Gasteiger partial charge in [-0.15, -0.1) is 0 Å². The van der Waals surface area contributed by atoms with Crippen LogP contribution in [0.3, 0.4) is 0 Å². The Morgan fingerprint density at radius 2 is 1.12 bits per heavy atom. The van der Waals surface area contributed by atoms with Crippen LogP contribution in [-0.4, -0.2) is 91.5 Å². The molecule has 0 aromatic rings. The fourth-order valence-corrected chi connectivity index (χ4v) is 1.27. The Balaban J connectivity index is 4.92. The van der Waals surface area contributed by atoms with Crippen LogP contribution in [0, 0.1) is 0 Å². The summed E-state index contributed by atoms with van der Waals surface area (Å²) in [5, 5.41) is 53.4. The minimum Gasteiger partial charge on any atom is -0.479 e. The minimum absolute atomic E-state index is 1.09. The molecular formula is C12H16O13. The van der Waals surface area contributed by atoms with Gasteiger partial charge in [-0.05, 0) is 0 Å². The monoisotopic (exact) mass is 368 g/mol. The normalized spacial score (nSPS) is 15.4. The highest BCUT2D eigenvalue weighted by Gasteiger charge is 2.43. The van der Waals surface area contributed by atoms with Crippen molar-refractivity contribution in [2.45, 2.75) is 30.7 Å². The molecule has 0 fully saturated rings. The summed E-state index contributed by atoms with van der Waals surface area (Å²) in [6, 6.07) is 0. The molecule has 13 heteroatoms. The number of carbonyl (C=O) groups excluding carboxylic acids is 4. The van der Waals surface area contributed by atoms with E-state index in [4.69, 9.17) is 25.5 Å². The Morgan fingerprint density at radius 3 is 1.36 bits per heavy atom. The predicted octanol–water partition coefficient (Wildman–Crippen LogP) is -4.57. The fraction of sp³-hybridized carbons (Fsp3) is 0.583. The zero-order valence-electron chi connectivity index (χ0n) is 12.5. The van der Waals surface area contributed by atoms with E-state index in [0.717, 1.165) is 0 Å². The van der Waals surface area contributed by atoms with Crippen LogP contribution in [0.4, 0.5) is 0 Å². The van der Waals surface area contributed by atoms with Gasteiger partial charge in [0.25, 0.3) is 0 Å². The van der Waals surface area contributed by atoms with Crippen LogP contribution in [0.15, 0.2) is 0 Å². The van der Waals surface area contributed by atoms with E-state index in [1.807, 2.05) is 0 Å². The van der Waals surface area contributed by atoms with Crippen molar-refractivity contribution in [3.63, 3.8) is 0 Å². The molecule has 0 amide bonds. The Morgan fingerprint density at radius 1 is 0.800 bits per heavy atom. The summed E-state index contributed by atoms with van der Waals surface area (Å²) in [5.74, 6) is -8.66. The van der Waals surface area contributed by atoms with E-state index < -0.39 is 73.7 Å². The highest BCUT2D eigenvalue weighted by molar-refractivity contribution is 5.95. The fourth-order valence-electron chi connectivity index (χ4n) is 1.27. The highest BCUT2D eigenvalue weighted by Crippen LogP contribution is 2.18. The third kappa shape index (κ3) is 7.32. The Kier molecular flexibility index (Phi) is 8.80. The molecule has 2 unspecified atom stereocenters. The van der Waals surface area contributed by atoms with Gasteiger partial charge >= 0.3 is 29.8 Å². The molecule has 0 heterocycles. The topological polar surface area (TPSA) is 225 Å². The first kappa shape index (κ1) is 22.6.